The predicted molar refractivity (Wildman–Crippen MR) is 40.2 cm³/mol. The highest BCUT2D eigenvalue weighted by molar-refractivity contribution is 5.76. The summed E-state index contributed by atoms with van der Waals surface area (Å²) in [6, 6.07) is 0. The van der Waals surface area contributed by atoms with Crippen molar-refractivity contribution in [1.82, 2.24) is 15.9 Å². The lowest BCUT2D eigenvalue weighted by Crippen LogP contribution is -2.44. The maximum Gasteiger partial charge on any atom is 0.235 e. The summed E-state index contributed by atoms with van der Waals surface area (Å²) in [5, 5.41) is 13.5. The average Bonchev–Trinajstić information content (AvgIpc) is 2.04. The summed E-state index contributed by atoms with van der Waals surface area (Å²) in [5.74, 6) is -0.0267. The molecule has 0 aromatic carbocycles. The second-order valence-electron chi connectivity index (χ2n) is 1.75. The Labute approximate surface area is 70.0 Å². The number of hydrazone groups is 1. The Bertz CT molecular complexity index is 152. The van der Waals surface area contributed by atoms with Crippen LogP contribution in [0.25, 0.3) is 0 Å². The SMILES string of the molecule is CONN(C)C(N)=NN(O)OC. The lowest BCUT2D eigenvalue weighted by Gasteiger charge is -2.17. The molecule has 0 amide bonds. The van der Waals surface area contributed by atoms with Gasteiger partial charge in [0.15, 0.2) is 0 Å². The summed E-state index contributed by atoms with van der Waals surface area (Å²) in [5.41, 5.74) is 7.69. The molecule has 8 heteroatoms. The number of hydrogen-bond acceptors (Lipinski definition) is 6. The minimum absolute atomic E-state index is 0.0267. The van der Waals surface area contributed by atoms with Crippen LogP contribution in [0.15, 0.2) is 5.10 Å². The monoisotopic (exact) mass is 179 g/mol. The Balaban J connectivity index is 3.97. The quantitative estimate of drug-likeness (QED) is 0.273. The Kier molecular flexibility index (Phi) is 5.04. The smallest absolute Gasteiger partial charge is 0.235 e. The molecule has 0 radical (unpaired) electrons. The lowest BCUT2D eigenvalue weighted by atomic mass is 10.9. The zero-order chi connectivity index (χ0) is 9.56. The first-order valence-electron chi connectivity index (χ1n) is 3.01. The zero-order valence-corrected chi connectivity index (χ0v) is 7.18. The van der Waals surface area contributed by atoms with Gasteiger partial charge in [0.05, 0.1) is 14.2 Å². The summed E-state index contributed by atoms with van der Waals surface area (Å²) in [6.45, 7) is 0. The number of guanidine groups is 1. The number of hydrogen-bond donors (Lipinski definition) is 3. The third-order valence-electron chi connectivity index (χ3n) is 0.923. The molecule has 0 spiro atoms. The van der Waals surface area contributed by atoms with Gasteiger partial charge in [0, 0.05) is 7.05 Å². The van der Waals surface area contributed by atoms with Crippen LogP contribution in [-0.2, 0) is 9.68 Å². The molecule has 0 aromatic rings. The zero-order valence-electron chi connectivity index (χ0n) is 7.18. The Hall–Kier alpha value is -1.09. The third-order valence-corrected chi connectivity index (χ3v) is 0.923. The van der Waals surface area contributed by atoms with Gasteiger partial charge in [-0.05, 0) is 5.34 Å². The molecule has 12 heavy (non-hydrogen) atoms. The van der Waals surface area contributed by atoms with Crippen LogP contribution in [0.1, 0.15) is 0 Å². The van der Waals surface area contributed by atoms with E-state index in [0.717, 1.165) is 0 Å². The normalized spacial score (nSPS) is 11.5. The van der Waals surface area contributed by atoms with Crippen molar-refractivity contribution in [3.05, 3.63) is 0 Å². The molecule has 0 unspecified atom stereocenters. The number of rotatable bonds is 4. The van der Waals surface area contributed by atoms with Crippen molar-refractivity contribution in [2.45, 2.75) is 0 Å². The van der Waals surface area contributed by atoms with Crippen LogP contribution < -0.4 is 11.3 Å². The van der Waals surface area contributed by atoms with Gasteiger partial charge in [-0.25, -0.2) is 10.0 Å². The van der Waals surface area contributed by atoms with Gasteiger partial charge in [-0.2, -0.15) is 0 Å². The van der Waals surface area contributed by atoms with Gasteiger partial charge in [-0.15, -0.1) is 5.59 Å². The van der Waals surface area contributed by atoms with Crippen LogP contribution in [0.3, 0.4) is 0 Å². The first-order chi connectivity index (χ1) is 5.61. The van der Waals surface area contributed by atoms with E-state index >= 15 is 0 Å². The lowest BCUT2D eigenvalue weighted by molar-refractivity contribution is -0.327. The van der Waals surface area contributed by atoms with E-state index in [1.54, 1.807) is 7.05 Å². The molecule has 0 atom stereocenters. The van der Waals surface area contributed by atoms with Gasteiger partial charge < -0.3 is 5.73 Å². The van der Waals surface area contributed by atoms with Crippen LogP contribution in [0.4, 0.5) is 0 Å². The van der Waals surface area contributed by atoms with Crippen molar-refractivity contribution in [1.29, 1.82) is 0 Å². The van der Waals surface area contributed by atoms with Gasteiger partial charge >= 0.3 is 0 Å². The minimum atomic E-state index is -0.0267. The van der Waals surface area contributed by atoms with Crippen molar-refractivity contribution < 1.29 is 14.9 Å². The molecule has 0 aromatic heterocycles. The van der Waals surface area contributed by atoms with Crippen LogP contribution >= 0.6 is 0 Å². The standard InChI is InChI=1S/C4H13N5O3/c1-8(7-11-2)4(5)6-9(10)12-3/h7,10H,1-3H3,(H2,5,6). The van der Waals surface area contributed by atoms with E-state index in [1.807, 2.05) is 0 Å². The molecule has 0 saturated carbocycles. The third kappa shape index (κ3) is 3.93. The van der Waals surface area contributed by atoms with E-state index < -0.39 is 0 Å². The van der Waals surface area contributed by atoms with Crippen LogP contribution in [0.5, 0.6) is 0 Å². The summed E-state index contributed by atoms with van der Waals surface area (Å²) < 4.78 is 0. The molecule has 0 saturated heterocycles. The van der Waals surface area contributed by atoms with E-state index in [0.29, 0.717) is 0 Å². The first kappa shape index (κ1) is 10.9. The van der Waals surface area contributed by atoms with E-state index in [9.17, 15) is 0 Å². The van der Waals surface area contributed by atoms with Crippen molar-refractivity contribution in [2.75, 3.05) is 21.3 Å². The van der Waals surface area contributed by atoms with Gasteiger partial charge in [0.25, 0.3) is 0 Å². The number of nitrogens with zero attached hydrogens (tertiary/aromatic N) is 3. The molecule has 72 valence electrons. The molecule has 0 rings (SSSR count). The van der Waals surface area contributed by atoms with Crippen LogP contribution in [0, 0.1) is 0 Å². The maximum absolute atomic E-state index is 8.69. The van der Waals surface area contributed by atoms with E-state index in [4.69, 9.17) is 10.9 Å². The maximum atomic E-state index is 8.69. The highest BCUT2D eigenvalue weighted by Crippen LogP contribution is 1.83. The summed E-state index contributed by atoms with van der Waals surface area (Å²) in [4.78, 5) is 8.79. The van der Waals surface area contributed by atoms with Crippen LogP contribution in [0.2, 0.25) is 0 Å². The fourth-order valence-corrected chi connectivity index (χ4v) is 0.379. The molecule has 8 nitrogen and oxygen atoms in total. The van der Waals surface area contributed by atoms with Gasteiger partial charge in [0.2, 0.25) is 5.96 Å². The number of nitrogens with one attached hydrogen (secondary N) is 1. The number of hydrazine groups is 1. The molecule has 0 aliphatic heterocycles. The molecule has 0 bridgehead atoms. The molecule has 0 aliphatic carbocycles. The van der Waals surface area contributed by atoms with Crippen molar-refractivity contribution in [3.8, 4) is 0 Å². The Morgan fingerprint density at radius 1 is 1.58 bits per heavy atom. The van der Waals surface area contributed by atoms with E-state index in [-0.39, 0.29) is 11.3 Å². The van der Waals surface area contributed by atoms with Gasteiger partial charge in [-0.3, -0.25) is 9.85 Å². The van der Waals surface area contributed by atoms with E-state index in [1.165, 1.54) is 19.2 Å². The fourth-order valence-electron chi connectivity index (χ4n) is 0.379. The largest absolute Gasteiger partial charge is 0.367 e. The van der Waals surface area contributed by atoms with Gasteiger partial charge in [-0.1, -0.05) is 5.10 Å². The second kappa shape index (κ2) is 5.55. The minimum Gasteiger partial charge on any atom is -0.367 e. The highest BCUT2D eigenvalue weighted by Gasteiger charge is 2.01. The summed E-state index contributed by atoms with van der Waals surface area (Å²) >= 11 is 0. The first-order valence-corrected chi connectivity index (χ1v) is 3.01. The van der Waals surface area contributed by atoms with Gasteiger partial charge in [0.1, 0.15) is 0 Å². The topological polar surface area (TPSA) is 95.6 Å². The second-order valence-corrected chi connectivity index (χ2v) is 1.75. The molecule has 0 fully saturated rings. The molecular weight excluding hydrogens is 166 g/mol. The van der Waals surface area contributed by atoms with E-state index in [2.05, 4.69) is 20.4 Å². The summed E-state index contributed by atoms with van der Waals surface area (Å²) in [6.07, 6.45) is 0. The molecular formula is C4H13N5O3. The average molecular weight is 179 g/mol. The van der Waals surface area contributed by atoms with Crippen molar-refractivity contribution >= 4 is 5.96 Å². The molecule has 0 aliphatic rings. The fraction of sp³-hybridized carbons (Fsp3) is 0.750. The number of nitrogens with two attached hydrogens (primary N) is 1. The molecule has 4 N–H and O–H groups in total. The summed E-state index contributed by atoms with van der Waals surface area (Å²) in [7, 11) is 4.20. The molecule has 0 heterocycles. The highest BCUT2D eigenvalue weighted by atomic mass is 16.9. The predicted octanol–water partition coefficient (Wildman–Crippen LogP) is -1.53. The van der Waals surface area contributed by atoms with Crippen LogP contribution in [-0.4, -0.2) is 42.8 Å². The Morgan fingerprint density at radius 3 is 2.58 bits per heavy atom. The van der Waals surface area contributed by atoms with Crippen molar-refractivity contribution in [3.63, 3.8) is 0 Å². The Morgan fingerprint density at radius 2 is 2.17 bits per heavy atom. The van der Waals surface area contributed by atoms with Crippen molar-refractivity contribution in [2.24, 2.45) is 10.8 Å².